The molecule has 0 spiro atoms. The van der Waals surface area contributed by atoms with Crippen LogP contribution in [0, 0.1) is 0 Å². The van der Waals surface area contributed by atoms with Crippen LogP contribution < -0.4 is 10.5 Å². The second-order valence-corrected chi connectivity index (χ2v) is 4.63. The van der Waals surface area contributed by atoms with E-state index < -0.39 is 0 Å². The Morgan fingerprint density at radius 1 is 1.30 bits per heavy atom. The molecule has 20 heavy (non-hydrogen) atoms. The van der Waals surface area contributed by atoms with Gasteiger partial charge in [-0.15, -0.1) is 0 Å². The summed E-state index contributed by atoms with van der Waals surface area (Å²) in [4.78, 5) is 4.42. The van der Waals surface area contributed by atoms with E-state index in [0.717, 1.165) is 29.0 Å². The number of imidazole rings is 1. The number of para-hydroxylation sites is 1. The van der Waals surface area contributed by atoms with Crippen molar-refractivity contribution in [1.29, 1.82) is 0 Å². The number of nitrogen functional groups attached to an aromatic ring is 1. The molecule has 0 aliphatic carbocycles. The van der Waals surface area contributed by atoms with E-state index >= 15 is 0 Å². The summed E-state index contributed by atoms with van der Waals surface area (Å²) in [6.07, 6.45) is 2.82. The number of anilines is 1. The molecule has 0 saturated carbocycles. The van der Waals surface area contributed by atoms with Crippen molar-refractivity contribution in [2.75, 3.05) is 12.3 Å². The quantitative estimate of drug-likeness (QED) is 0.789. The van der Waals surface area contributed by atoms with Crippen LogP contribution in [0.2, 0.25) is 0 Å². The lowest BCUT2D eigenvalue weighted by molar-refractivity contribution is 0.320. The first-order valence-electron chi connectivity index (χ1n) is 6.60. The average Bonchev–Trinajstić information content (AvgIpc) is 2.99. The first-order valence-corrected chi connectivity index (χ1v) is 6.60. The van der Waals surface area contributed by atoms with Crippen LogP contribution >= 0.6 is 0 Å². The first kappa shape index (κ1) is 12.5. The lowest BCUT2D eigenvalue weighted by atomic mass is 10.3. The van der Waals surface area contributed by atoms with Gasteiger partial charge in [0.25, 0.3) is 0 Å². The maximum Gasteiger partial charge on any atom is 0.207 e. The number of benzene rings is 1. The number of ether oxygens (including phenoxy) is 1. The van der Waals surface area contributed by atoms with Crippen LogP contribution in [0.25, 0.3) is 16.9 Å². The van der Waals surface area contributed by atoms with Crippen molar-refractivity contribution >= 4 is 17.0 Å². The molecule has 6 heteroatoms. The number of hydrogen-bond acceptors (Lipinski definition) is 4. The molecule has 2 N–H and O–H groups in total. The Hall–Kier alpha value is -2.50. The largest absolute Gasteiger partial charge is 0.491 e. The lowest BCUT2D eigenvalue weighted by Gasteiger charge is -2.05. The molecule has 0 aliphatic rings. The summed E-state index contributed by atoms with van der Waals surface area (Å²) in [6, 6.07) is 7.71. The van der Waals surface area contributed by atoms with Crippen LogP contribution in [0.1, 0.15) is 13.3 Å². The predicted molar refractivity (Wildman–Crippen MR) is 78.0 cm³/mol. The van der Waals surface area contributed by atoms with E-state index in [1.165, 1.54) is 0 Å². The Kier molecular flexibility index (Phi) is 3.06. The van der Waals surface area contributed by atoms with Gasteiger partial charge in [-0.25, -0.2) is 4.98 Å². The third kappa shape index (κ3) is 1.99. The number of fused-ring (bicyclic) bond motifs is 1. The molecule has 2 aromatic heterocycles. The topological polar surface area (TPSA) is 70.9 Å². The van der Waals surface area contributed by atoms with Crippen molar-refractivity contribution in [2.24, 2.45) is 7.05 Å². The molecule has 0 aliphatic heterocycles. The summed E-state index contributed by atoms with van der Waals surface area (Å²) >= 11 is 0. The molecule has 0 saturated heterocycles. The average molecular weight is 271 g/mol. The zero-order valence-corrected chi connectivity index (χ0v) is 11.6. The Balaban J connectivity index is 2.16. The number of rotatable bonds is 4. The molecule has 0 fully saturated rings. The van der Waals surface area contributed by atoms with E-state index in [0.29, 0.717) is 12.6 Å². The van der Waals surface area contributed by atoms with E-state index in [1.54, 1.807) is 4.68 Å². The van der Waals surface area contributed by atoms with Crippen LogP contribution in [0.15, 0.2) is 30.5 Å². The molecule has 0 bridgehead atoms. The van der Waals surface area contributed by atoms with E-state index in [9.17, 15) is 0 Å². The second-order valence-electron chi connectivity index (χ2n) is 4.63. The summed E-state index contributed by atoms with van der Waals surface area (Å²) in [5.41, 5.74) is 7.70. The smallest absolute Gasteiger partial charge is 0.207 e. The van der Waals surface area contributed by atoms with Gasteiger partial charge in [0.1, 0.15) is 11.3 Å². The van der Waals surface area contributed by atoms with Crippen LogP contribution in [0.3, 0.4) is 0 Å². The first-order chi connectivity index (χ1) is 9.70. The molecule has 2 heterocycles. The van der Waals surface area contributed by atoms with E-state index in [4.69, 9.17) is 10.5 Å². The van der Waals surface area contributed by atoms with Gasteiger partial charge in [0, 0.05) is 19.3 Å². The van der Waals surface area contributed by atoms with Crippen molar-refractivity contribution in [3.05, 3.63) is 30.5 Å². The molecular formula is C14H17N5O. The molecule has 1 aromatic carbocycles. The van der Waals surface area contributed by atoms with Crippen LogP contribution in [0.4, 0.5) is 5.95 Å². The van der Waals surface area contributed by atoms with Crippen molar-refractivity contribution in [1.82, 2.24) is 19.3 Å². The van der Waals surface area contributed by atoms with Gasteiger partial charge in [0.2, 0.25) is 5.95 Å². The van der Waals surface area contributed by atoms with E-state index in [1.807, 2.05) is 42.1 Å². The molecule has 6 nitrogen and oxygen atoms in total. The monoisotopic (exact) mass is 271 g/mol. The lowest BCUT2D eigenvalue weighted by Crippen LogP contribution is -2.02. The third-order valence-electron chi connectivity index (χ3n) is 3.06. The molecule has 0 atom stereocenters. The van der Waals surface area contributed by atoms with Crippen molar-refractivity contribution in [2.45, 2.75) is 13.3 Å². The minimum absolute atomic E-state index is 0.409. The highest BCUT2D eigenvalue weighted by Gasteiger charge is 2.15. The van der Waals surface area contributed by atoms with E-state index in [-0.39, 0.29) is 0 Å². The Morgan fingerprint density at radius 3 is 2.85 bits per heavy atom. The predicted octanol–water partition coefficient (Wildman–Crippen LogP) is 2.13. The fourth-order valence-electron chi connectivity index (χ4n) is 2.18. The van der Waals surface area contributed by atoms with Gasteiger partial charge in [-0.05, 0) is 18.6 Å². The van der Waals surface area contributed by atoms with Crippen LogP contribution in [-0.2, 0) is 7.05 Å². The molecule has 3 aromatic rings. The summed E-state index contributed by atoms with van der Waals surface area (Å²) in [6.45, 7) is 2.73. The van der Waals surface area contributed by atoms with Gasteiger partial charge < -0.3 is 10.5 Å². The Bertz CT molecular complexity index is 743. The number of nitrogens with two attached hydrogens (primary N) is 1. The molecular weight excluding hydrogens is 254 g/mol. The highest BCUT2D eigenvalue weighted by atomic mass is 16.5. The van der Waals surface area contributed by atoms with Gasteiger partial charge >= 0.3 is 0 Å². The highest BCUT2D eigenvalue weighted by molar-refractivity contribution is 5.85. The molecule has 104 valence electrons. The standard InChI is InChI=1S/C14H17N5O/c1-3-9-20-11-6-4-5-10-13(11)16-14(15)19(10)12-7-8-18(2)17-12/h4-8H,3,9H2,1-2H3,(H2,15,16). The van der Waals surface area contributed by atoms with Crippen molar-refractivity contribution < 1.29 is 4.74 Å². The number of aryl methyl sites for hydroxylation is 1. The minimum atomic E-state index is 0.409. The van der Waals surface area contributed by atoms with Crippen molar-refractivity contribution in [3.8, 4) is 11.6 Å². The molecule has 0 radical (unpaired) electrons. The normalized spacial score (nSPS) is 11.1. The molecule has 0 amide bonds. The maximum atomic E-state index is 6.04. The zero-order valence-electron chi connectivity index (χ0n) is 11.6. The minimum Gasteiger partial charge on any atom is -0.491 e. The SMILES string of the molecule is CCCOc1cccc2c1nc(N)n2-c1ccn(C)n1. The van der Waals surface area contributed by atoms with Gasteiger partial charge in [0.15, 0.2) is 5.82 Å². The Labute approximate surface area is 116 Å². The third-order valence-corrected chi connectivity index (χ3v) is 3.06. The van der Waals surface area contributed by atoms with E-state index in [2.05, 4.69) is 17.0 Å². The van der Waals surface area contributed by atoms with Gasteiger partial charge in [-0.1, -0.05) is 13.0 Å². The number of aromatic nitrogens is 4. The summed E-state index contributed by atoms with van der Waals surface area (Å²) in [5.74, 6) is 1.91. The number of nitrogens with zero attached hydrogens (tertiary/aromatic N) is 4. The highest BCUT2D eigenvalue weighted by Crippen LogP contribution is 2.29. The molecule has 0 unspecified atom stereocenters. The maximum absolute atomic E-state index is 6.04. The van der Waals surface area contributed by atoms with Crippen LogP contribution in [0.5, 0.6) is 5.75 Å². The second kappa shape index (κ2) is 4.88. The fraction of sp³-hybridized carbons (Fsp3) is 0.286. The summed E-state index contributed by atoms with van der Waals surface area (Å²) in [7, 11) is 1.87. The van der Waals surface area contributed by atoms with Gasteiger partial charge in [-0.3, -0.25) is 9.25 Å². The zero-order chi connectivity index (χ0) is 14.1. The fourth-order valence-corrected chi connectivity index (χ4v) is 2.18. The van der Waals surface area contributed by atoms with Gasteiger partial charge in [-0.2, -0.15) is 5.10 Å². The number of hydrogen-bond donors (Lipinski definition) is 1. The van der Waals surface area contributed by atoms with Gasteiger partial charge in [0.05, 0.1) is 12.1 Å². The summed E-state index contributed by atoms with van der Waals surface area (Å²) in [5, 5.41) is 4.37. The Morgan fingerprint density at radius 2 is 2.15 bits per heavy atom. The van der Waals surface area contributed by atoms with Crippen LogP contribution in [-0.4, -0.2) is 25.9 Å². The molecule has 3 rings (SSSR count). The van der Waals surface area contributed by atoms with Crippen molar-refractivity contribution in [3.63, 3.8) is 0 Å². The summed E-state index contributed by atoms with van der Waals surface area (Å²) < 4.78 is 9.28.